The average molecular weight is 256 g/mol. The van der Waals surface area contributed by atoms with Gasteiger partial charge in [0.25, 0.3) is 0 Å². The van der Waals surface area contributed by atoms with E-state index in [9.17, 15) is 0 Å². The van der Waals surface area contributed by atoms with Crippen molar-refractivity contribution in [3.8, 4) is 0 Å². The molecule has 3 rings (SSSR count). The van der Waals surface area contributed by atoms with Gasteiger partial charge in [-0.05, 0) is 55.5 Å². The standard InChI is InChI=1S/C17H24N2/c1-3-9-19(10-4-2)15-11-14-6-5-13-7-8-18-17(13)16(14)12-15/h5-6,8,15H,3-4,7,9-12H2,1-2H3. The molecule has 1 atom stereocenters. The molecule has 1 aliphatic heterocycles. The molecule has 0 aromatic heterocycles. The van der Waals surface area contributed by atoms with E-state index in [1.165, 1.54) is 55.6 Å². The van der Waals surface area contributed by atoms with Gasteiger partial charge in [0, 0.05) is 18.7 Å². The summed E-state index contributed by atoms with van der Waals surface area (Å²) in [6, 6.07) is 5.34. The molecular formula is C17H24N2. The first-order valence-corrected chi connectivity index (χ1v) is 7.73. The second-order valence-corrected chi connectivity index (χ2v) is 5.82. The Balaban J connectivity index is 1.81. The quantitative estimate of drug-likeness (QED) is 0.787. The Morgan fingerprint density at radius 3 is 2.58 bits per heavy atom. The molecule has 1 aliphatic carbocycles. The highest BCUT2D eigenvalue weighted by molar-refractivity contribution is 5.78. The van der Waals surface area contributed by atoms with Gasteiger partial charge in [-0.1, -0.05) is 26.0 Å². The summed E-state index contributed by atoms with van der Waals surface area (Å²) in [4.78, 5) is 7.30. The highest BCUT2D eigenvalue weighted by Crippen LogP contribution is 2.37. The molecule has 1 heterocycles. The van der Waals surface area contributed by atoms with Crippen molar-refractivity contribution in [3.05, 3.63) is 28.8 Å². The summed E-state index contributed by atoms with van der Waals surface area (Å²) in [6.07, 6.45) is 8.02. The molecule has 0 saturated heterocycles. The minimum atomic E-state index is 0.706. The maximum atomic E-state index is 4.61. The van der Waals surface area contributed by atoms with Crippen LogP contribution in [0.1, 0.15) is 43.4 Å². The average Bonchev–Trinajstić information content (AvgIpc) is 3.03. The Morgan fingerprint density at radius 2 is 1.84 bits per heavy atom. The molecular weight excluding hydrogens is 232 g/mol. The normalized spacial score (nSPS) is 20.1. The second kappa shape index (κ2) is 5.46. The molecule has 0 amide bonds. The van der Waals surface area contributed by atoms with E-state index in [1.54, 1.807) is 5.56 Å². The van der Waals surface area contributed by atoms with Crippen molar-refractivity contribution < 1.29 is 0 Å². The molecule has 0 radical (unpaired) electrons. The fraction of sp³-hybridized carbons (Fsp3) is 0.588. The Labute approximate surface area is 116 Å². The van der Waals surface area contributed by atoms with Crippen molar-refractivity contribution >= 4 is 11.9 Å². The fourth-order valence-corrected chi connectivity index (χ4v) is 3.58. The van der Waals surface area contributed by atoms with Crippen molar-refractivity contribution in [3.63, 3.8) is 0 Å². The molecule has 0 spiro atoms. The first kappa shape index (κ1) is 12.9. The first-order chi connectivity index (χ1) is 9.33. The van der Waals surface area contributed by atoms with Crippen LogP contribution in [0.3, 0.4) is 0 Å². The molecule has 0 saturated carbocycles. The molecule has 2 nitrogen and oxygen atoms in total. The van der Waals surface area contributed by atoms with Gasteiger partial charge in [-0.15, -0.1) is 0 Å². The van der Waals surface area contributed by atoms with E-state index in [4.69, 9.17) is 0 Å². The molecule has 0 N–H and O–H groups in total. The molecule has 0 bridgehead atoms. The second-order valence-electron chi connectivity index (χ2n) is 5.82. The molecule has 2 aliphatic rings. The third-order valence-corrected chi connectivity index (χ3v) is 4.43. The first-order valence-electron chi connectivity index (χ1n) is 7.73. The van der Waals surface area contributed by atoms with Crippen LogP contribution in [-0.2, 0) is 19.3 Å². The molecule has 1 aromatic carbocycles. The van der Waals surface area contributed by atoms with Gasteiger partial charge in [0.2, 0.25) is 0 Å². The maximum absolute atomic E-state index is 4.61. The number of nitrogens with zero attached hydrogens (tertiary/aromatic N) is 2. The number of fused-ring (bicyclic) bond motifs is 3. The van der Waals surface area contributed by atoms with Crippen LogP contribution >= 0.6 is 0 Å². The summed E-state index contributed by atoms with van der Waals surface area (Å²) < 4.78 is 0. The third kappa shape index (κ3) is 2.34. The van der Waals surface area contributed by atoms with E-state index in [1.807, 2.05) is 0 Å². The Bertz CT molecular complexity index is 484. The predicted octanol–water partition coefficient (Wildman–Crippen LogP) is 3.53. The van der Waals surface area contributed by atoms with E-state index in [2.05, 4.69) is 42.1 Å². The summed E-state index contributed by atoms with van der Waals surface area (Å²) in [5.41, 5.74) is 5.80. The molecule has 1 aromatic rings. The van der Waals surface area contributed by atoms with E-state index in [0.717, 1.165) is 6.42 Å². The van der Waals surface area contributed by atoms with Crippen LogP contribution in [0.5, 0.6) is 0 Å². The Morgan fingerprint density at radius 1 is 1.11 bits per heavy atom. The van der Waals surface area contributed by atoms with E-state index >= 15 is 0 Å². The number of aliphatic imine (C=N–C) groups is 1. The number of benzene rings is 1. The summed E-state index contributed by atoms with van der Waals surface area (Å²) >= 11 is 0. The lowest BCUT2D eigenvalue weighted by atomic mass is 10.0. The topological polar surface area (TPSA) is 15.6 Å². The maximum Gasteiger partial charge on any atom is 0.0696 e. The van der Waals surface area contributed by atoms with Crippen LogP contribution in [0.25, 0.3) is 0 Å². The zero-order chi connectivity index (χ0) is 13.2. The van der Waals surface area contributed by atoms with E-state index in [0.29, 0.717) is 6.04 Å². The predicted molar refractivity (Wildman–Crippen MR) is 81.6 cm³/mol. The Kier molecular flexibility index (Phi) is 3.69. The van der Waals surface area contributed by atoms with Crippen LogP contribution < -0.4 is 0 Å². The summed E-state index contributed by atoms with van der Waals surface area (Å²) in [6.45, 7) is 7.04. The highest BCUT2D eigenvalue weighted by Gasteiger charge is 2.29. The monoisotopic (exact) mass is 256 g/mol. The van der Waals surface area contributed by atoms with Crippen molar-refractivity contribution in [1.29, 1.82) is 0 Å². The van der Waals surface area contributed by atoms with Gasteiger partial charge < -0.3 is 0 Å². The fourth-order valence-electron chi connectivity index (χ4n) is 3.58. The molecule has 1 unspecified atom stereocenters. The number of hydrogen-bond donors (Lipinski definition) is 0. The van der Waals surface area contributed by atoms with Gasteiger partial charge >= 0.3 is 0 Å². The van der Waals surface area contributed by atoms with Crippen molar-refractivity contribution in [2.75, 3.05) is 13.1 Å². The number of rotatable bonds is 5. The van der Waals surface area contributed by atoms with Crippen LogP contribution in [0.15, 0.2) is 17.1 Å². The SMILES string of the molecule is CCCN(CCC)C1Cc2ccc3c(c2C1)N=CC3. The lowest BCUT2D eigenvalue weighted by Gasteiger charge is -2.27. The molecule has 19 heavy (non-hydrogen) atoms. The number of hydrogen-bond acceptors (Lipinski definition) is 2. The van der Waals surface area contributed by atoms with Crippen LogP contribution in [0, 0.1) is 0 Å². The minimum absolute atomic E-state index is 0.706. The molecule has 102 valence electrons. The minimum Gasteiger partial charge on any atom is -0.300 e. The zero-order valence-corrected chi connectivity index (χ0v) is 12.2. The third-order valence-electron chi connectivity index (χ3n) is 4.43. The van der Waals surface area contributed by atoms with Gasteiger partial charge in [0.05, 0.1) is 5.69 Å². The zero-order valence-electron chi connectivity index (χ0n) is 12.2. The molecule has 2 heteroatoms. The van der Waals surface area contributed by atoms with Crippen LogP contribution in [0.4, 0.5) is 5.69 Å². The van der Waals surface area contributed by atoms with Gasteiger partial charge in [0.15, 0.2) is 0 Å². The van der Waals surface area contributed by atoms with Crippen molar-refractivity contribution in [1.82, 2.24) is 4.90 Å². The van der Waals surface area contributed by atoms with Gasteiger partial charge in [-0.3, -0.25) is 9.89 Å². The van der Waals surface area contributed by atoms with Crippen molar-refractivity contribution in [2.24, 2.45) is 4.99 Å². The lowest BCUT2D eigenvalue weighted by molar-refractivity contribution is 0.202. The summed E-state index contributed by atoms with van der Waals surface area (Å²) in [5, 5.41) is 0. The smallest absolute Gasteiger partial charge is 0.0696 e. The van der Waals surface area contributed by atoms with Gasteiger partial charge in [-0.25, -0.2) is 0 Å². The van der Waals surface area contributed by atoms with Gasteiger partial charge in [-0.2, -0.15) is 0 Å². The van der Waals surface area contributed by atoms with E-state index < -0.39 is 0 Å². The highest BCUT2D eigenvalue weighted by atomic mass is 15.2. The Hall–Kier alpha value is -1.15. The van der Waals surface area contributed by atoms with Gasteiger partial charge in [0.1, 0.15) is 0 Å². The largest absolute Gasteiger partial charge is 0.300 e. The van der Waals surface area contributed by atoms with Crippen LogP contribution in [0.2, 0.25) is 0 Å². The van der Waals surface area contributed by atoms with Crippen molar-refractivity contribution in [2.45, 2.75) is 52.0 Å². The molecule has 0 fully saturated rings. The lowest BCUT2D eigenvalue weighted by Crippen LogP contribution is -2.37. The van der Waals surface area contributed by atoms with Crippen LogP contribution in [-0.4, -0.2) is 30.2 Å². The summed E-state index contributed by atoms with van der Waals surface area (Å²) in [5.74, 6) is 0. The summed E-state index contributed by atoms with van der Waals surface area (Å²) in [7, 11) is 0. The van der Waals surface area contributed by atoms with E-state index in [-0.39, 0.29) is 0 Å².